The molecule has 1 aromatic carbocycles. The molecule has 3 nitrogen and oxygen atoms in total. The van der Waals surface area contributed by atoms with E-state index in [0.29, 0.717) is 5.41 Å². The summed E-state index contributed by atoms with van der Waals surface area (Å²) in [7, 11) is 0. The average Bonchev–Trinajstić information content (AvgIpc) is 2.50. The zero-order chi connectivity index (χ0) is 14.7. The largest absolute Gasteiger partial charge is 0.317 e. The molecule has 0 atom stereocenters. The maximum absolute atomic E-state index is 13.4. The van der Waals surface area contributed by atoms with E-state index in [-0.39, 0.29) is 30.4 Å². The summed E-state index contributed by atoms with van der Waals surface area (Å²) in [5.74, 6) is -0.422. The van der Waals surface area contributed by atoms with Crippen LogP contribution in [0.5, 0.6) is 0 Å². The fraction of sp³-hybridized carbons (Fsp3) is 0.588. The molecule has 6 heteroatoms. The Kier molecular flexibility index (Phi) is 7.76. The number of nitrogens with one attached hydrogen (secondary N) is 1. The summed E-state index contributed by atoms with van der Waals surface area (Å²) in [6.45, 7) is 5.32. The summed E-state index contributed by atoms with van der Waals surface area (Å²) in [5, 5.41) is 12.4. The third kappa shape index (κ3) is 4.81. The number of hydrogen-bond donors (Lipinski definition) is 1. The van der Waals surface area contributed by atoms with Gasteiger partial charge in [-0.05, 0) is 68.4 Å². The predicted octanol–water partition coefficient (Wildman–Crippen LogP) is 3.51. The molecule has 2 fully saturated rings. The van der Waals surface area contributed by atoms with Crippen molar-refractivity contribution in [3.8, 4) is 6.07 Å². The number of hydrogen-bond acceptors (Lipinski definition) is 3. The molecule has 2 aliphatic rings. The van der Waals surface area contributed by atoms with Crippen molar-refractivity contribution in [3.63, 3.8) is 0 Å². The Labute approximate surface area is 150 Å². The van der Waals surface area contributed by atoms with E-state index in [1.165, 1.54) is 31.7 Å². The van der Waals surface area contributed by atoms with Gasteiger partial charge in [0.2, 0.25) is 0 Å². The van der Waals surface area contributed by atoms with Gasteiger partial charge in [0.25, 0.3) is 0 Å². The van der Waals surface area contributed by atoms with Crippen LogP contribution in [0.25, 0.3) is 0 Å². The van der Waals surface area contributed by atoms with Crippen LogP contribution in [0.3, 0.4) is 0 Å². The molecular weight excluding hydrogens is 336 g/mol. The van der Waals surface area contributed by atoms with Crippen molar-refractivity contribution >= 4 is 24.8 Å². The summed E-state index contributed by atoms with van der Waals surface area (Å²) < 4.78 is 13.4. The Bertz CT molecular complexity index is 548. The predicted molar refractivity (Wildman–Crippen MR) is 94.7 cm³/mol. The lowest BCUT2D eigenvalue weighted by atomic mass is 9.73. The van der Waals surface area contributed by atoms with Gasteiger partial charge in [0.05, 0.1) is 5.56 Å². The summed E-state index contributed by atoms with van der Waals surface area (Å²) in [6, 6.07) is 6.84. The summed E-state index contributed by atoms with van der Waals surface area (Å²) in [4.78, 5) is 2.48. The van der Waals surface area contributed by atoms with Gasteiger partial charge < -0.3 is 5.32 Å². The van der Waals surface area contributed by atoms with E-state index in [2.05, 4.69) is 10.2 Å². The van der Waals surface area contributed by atoms with Crippen molar-refractivity contribution in [2.75, 3.05) is 26.2 Å². The fourth-order valence-electron chi connectivity index (χ4n) is 3.82. The minimum Gasteiger partial charge on any atom is -0.317 e. The second kappa shape index (κ2) is 8.84. The van der Waals surface area contributed by atoms with E-state index in [1.807, 2.05) is 6.07 Å². The second-order valence-corrected chi connectivity index (χ2v) is 6.49. The number of nitriles is 1. The first-order valence-electron chi connectivity index (χ1n) is 7.82. The van der Waals surface area contributed by atoms with Gasteiger partial charge >= 0.3 is 0 Å². The summed E-state index contributed by atoms with van der Waals surface area (Å²) in [6.07, 6.45) is 5.09. The maximum atomic E-state index is 13.4. The van der Waals surface area contributed by atoms with Crippen LogP contribution in [0.15, 0.2) is 18.2 Å². The molecule has 128 valence electrons. The van der Waals surface area contributed by atoms with Crippen molar-refractivity contribution in [1.29, 1.82) is 5.26 Å². The number of nitrogens with zero attached hydrogens (tertiary/aromatic N) is 2. The highest BCUT2D eigenvalue weighted by molar-refractivity contribution is 5.85. The third-order valence-corrected chi connectivity index (χ3v) is 4.96. The van der Waals surface area contributed by atoms with Crippen LogP contribution >= 0.6 is 24.8 Å². The number of rotatable bonds is 2. The van der Waals surface area contributed by atoms with Gasteiger partial charge in [-0.15, -0.1) is 24.8 Å². The van der Waals surface area contributed by atoms with Gasteiger partial charge in [-0.25, -0.2) is 4.39 Å². The van der Waals surface area contributed by atoms with E-state index in [4.69, 9.17) is 5.26 Å². The Morgan fingerprint density at radius 2 is 1.96 bits per heavy atom. The Balaban J connectivity index is 0.00000132. The van der Waals surface area contributed by atoms with Gasteiger partial charge in [0.15, 0.2) is 0 Å². The molecule has 2 aliphatic heterocycles. The molecule has 1 N–H and O–H groups in total. The summed E-state index contributed by atoms with van der Waals surface area (Å²) >= 11 is 0. The molecule has 1 aromatic rings. The van der Waals surface area contributed by atoms with Crippen LogP contribution in [0.2, 0.25) is 0 Å². The van der Waals surface area contributed by atoms with Crippen LogP contribution in [0, 0.1) is 22.6 Å². The molecule has 0 aromatic heterocycles. The highest BCUT2D eigenvalue weighted by atomic mass is 35.5. The van der Waals surface area contributed by atoms with Crippen molar-refractivity contribution < 1.29 is 4.39 Å². The van der Waals surface area contributed by atoms with E-state index < -0.39 is 5.82 Å². The first-order chi connectivity index (χ1) is 10.2. The average molecular weight is 360 g/mol. The van der Waals surface area contributed by atoms with Gasteiger partial charge in [-0.1, -0.05) is 6.07 Å². The van der Waals surface area contributed by atoms with Gasteiger partial charge in [-0.2, -0.15) is 5.26 Å². The van der Waals surface area contributed by atoms with Crippen LogP contribution in [0.4, 0.5) is 4.39 Å². The standard InChI is InChI=1S/C17H22FN3.2ClH/c18-16-3-2-14(10-15(16)11-19)12-21-9-1-4-17(13-21)5-7-20-8-6-17;;/h2-3,10,20H,1,4-9,12-13H2;2*1H. The molecule has 2 heterocycles. The Hall–Kier alpha value is -0.860. The topological polar surface area (TPSA) is 39.1 Å². The molecule has 0 saturated carbocycles. The lowest BCUT2D eigenvalue weighted by Gasteiger charge is -2.45. The number of piperidine rings is 2. The van der Waals surface area contributed by atoms with E-state index >= 15 is 0 Å². The molecule has 0 unspecified atom stereocenters. The maximum Gasteiger partial charge on any atom is 0.140 e. The van der Waals surface area contributed by atoms with E-state index in [0.717, 1.165) is 38.3 Å². The third-order valence-electron chi connectivity index (χ3n) is 4.96. The van der Waals surface area contributed by atoms with Crippen LogP contribution in [-0.4, -0.2) is 31.1 Å². The molecular formula is C17H24Cl2FN3. The first-order valence-corrected chi connectivity index (χ1v) is 7.82. The van der Waals surface area contributed by atoms with Crippen LogP contribution in [-0.2, 0) is 6.54 Å². The minimum absolute atomic E-state index is 0. The Morgan fingerprint density at radius 3 is 2.65 bits per heavy atom. The number of benzene rings is 1. The number of halogens is 3. The second-order valence-electron chi connectivity index (χ2n) is 6.49. The first kappa shape index (κ1) is 20.2. The monoisotopic (exact) mass is 359 g/mol. The lowest BCUT2D eigenvalue weighted by Crippen LogP contribution is -2.48. The fourth-order valence-corrected chi connectivity index (χ4v) is 3.82. The van der Waals surface area contributed by atoms with Crippen molar-refractivity contribution in [3.05, 3.63) is 35.1 Å². The normalized spacial score (nSPS) is 20.2. The molecule has 0 bridgehead atoms. The zero-order valence-electron chi connectivity index (χ0n) is 13.2. The minimum atomic E-state index is -0.422. The molecule has 0 radical (unpaired) electrons. The number of likely N-dealkylation sites (tertiary alicyclic amines) is 1. The van der Waals surface area contributed by atoms with Crippen LogP contribution < -0.4 is 5.32 Å². The molecule has 0 amide bonds. The summed E-state index contributed by atoms with van der Waals surface area (Å²) in [5.41, 5.74) is 1.67. The quantitative estimate of drug-likeness (QED) is 0.877. The van der Waals surface area contributed by atoms with Crippen LogP contribution in [0.1, 0.15) is 36.8 Å². The molecule has 2 saturated heterocycles. The SMILES string of the molecule is Cl.Cl.N#Cc1cc(CN2CCCC3(CCNCC3)C2)ccc1F. The molecule has 3 rings (SSSR count). The molecule has 23 heavy (non-hydrogen) atoms. The van der Waals surface area contributed by atoms with Gasteiger partial charge in [0, 0.05) is 13.1 Å². The highest BCUT2D eigenvalue weighted by Gasteiger charge is 2.36. The molecule has 0 aliphatic carbocycles. The highest BCUT2D eigenvalue weighted by Crippen LogP contribution is 2.38. The molecule has 1 spiro atoms. The van der Waals surface area contributed by atoms with Crippen molar-refractivity contribution in [2.24, 2.45) is 5.41 Å². The van der Waals surface area contributed by atoms with Crippen molar-refractivity contribution in [1.82, 2.24) is 10.2 Å². The zero-order valence-corrected chi connectivity index (χ0v) is 14.8. The van der Waals surface area contributed by atoms with Gasteiger partial charge in [-0.3, -0.25) is 4.90 Å². The van der Waals surface area contributed by atoms with E-state index in [1.54, 1.807) is 12.1 Å². The lowest BCUT2D eigenvalue weighted by molar-refractivity contribution is 0.0551. The smallest absolute Gasteiger partial charge is 0.140 e. The van der Waals surface area contributed by atoms with Gasteiger partial charge in [0.1, 0.15) is 11.9 Å². The van der Waals surface area contributed by atoms with Crippen molar-refractivity contribution in [2.45, 2.75) is 32.2 Å². The Morgan fingerprint density at radius 1 is 1.22 bits per heavy atom. The van der Waals surface area contributed by atoms with E-state index in [9.17, 15) is 4.39 Å².